The molecule has 0 aliphatic carbocycles. The summed E-state index contributed by atoms with van der Waals surface area (Å²) in [4.78, 5) is 28.0. The highest BCUT2D eigenvalue weighted by Crippen LogP contribution is 2.24. The van der Waals surface area contributed by atoms with Crippen LogP contribution >= 0.6 is 15.9 Å². The van der Waals surface area contributed by atoms with Crippen LogP contribution in [0, 0.1) is 0 Å². The van der Waals surface area contributed by atoms with Crippen LogP contribution in [-0.2, 0) is 21.1 Å². The number of hydrogen-bond acceptors (Lipinski definition) is 5. The molecule has 0 bridgehead atoms. The van der Waals surface area contributed by atoms with Gasteiger partial charge in [0.1, 0.15) is 0 Å². The summed E-state index contributed by atoms with van der Waals surface area (Å²) >= 11 is 3.43. The van der Waals surface area contributed by atoms with Gasteiger partial charge in [-0.25, -0.2) is 18.0 Å². The number of esters is 1. The van der Waals surface area contributed by atoms with Crippen molar-refractivity contribution >= 4 is 43.5 Å². The van der Waals surface area contributed by atoms with Gasteiger partial charge >= 0.3 is 12.0 Å². The second-order valence-electron chi connectivity index (χ2n) is 6.68. The minimum Gasteiger partial charge on any atom is -0.465 e. The standard InChI is InChI=1S/C20H21BrN2O5S/c1-28-19(24)16-7-5-15(6-8-16)14-23(18-4-2-3-17(21)13-18)20(25)22-9-11-29(26,27)12-10-22/h2-8,13H,9-12,14H2,1H3. The second kappa shape index (κ2) is 8.96. The minimum atomic E-state index is -3.08. The van der Waals surface area contributed by atoms with Gasteiger partial charge in [-0.3, -0.25) is 4.90 Å². The van der Waals surface area contributed by atoms with E-state index in [1.54, 1.807) is 34.1 Å². The van der Waals surface area contributed by atoms with Crippen molar-refractivity contribution < 1.29 is 22.7 Å². The van der Waals surface area contributed by atoms with Crippen LogP contribution in [0.4, 0.5) is 10.5 Å². The quantitative estimate of drug-likeness (QED) is 0.627. The van der Waals surface area contributed by atoms with Crippen molar-refractivity contribution in [1.29, 1.82) is 0 Å². The first kappa shape index (κ1) is 21.3. The zero-order valence-electron chi connectivity index (χ0n) is 15.9. The first-order valence-corrected chi connectivity index (χ1v) is 11.6. The molecule has 7 nitrogen and oxygen atoms in total. The summed E-state index contributed by atoms with van der Waals surface area (Å²) in [5, 5.41) is 0. The highest BCUT2D eigenvalue weighted by molar-refractivity contribution is 9.10. The predicted octanol–water partition coefficient (Wildman–Crippen LogP) is 3.09. The van der Waals surface area contributed by atoms with Crippen molar-refractivity contribution in [3.8, 4) is 0 Å². The zero-order chi connectivity index (χ0) is 21.0. The van der Waals surface area contributed by atoms with Crippen molar-refractivity contribution in [2.45, 2.75) is 6.54 Å². The van der Waals surface area contributed by atoms with Crippen LogP contribution in [0.3, 0.4) is 0 Å². The molecule has 3 rings (SSSR count). The van der Waals surface area contributed by atoms with Gasteiger partial charge in [-0.05, 0) is 35.9 Å². The molecule has 0 unspecified atom stereocenters. The third kappa shape index (κ3) is 5.36. The number of hydrogen-bond donors (Lipinski definition) is 0. The summed E-state index contributed by atoms with van der Waals surface area (Å²) in [5.41, 5.74) is 1.95. The van der Waals surface area contributed by atoms with E-state index in [0.717, 1.165) is 10.0 Å². The van der Waals surface area contributed by atoms with Crippen molar-refractivity contribution in [3.63, 3.8) is 0 Å². The number of carbonyl (C=O) groups excluding carboxylic acids is 2. The molecule has 1 fully saturated rings. The van der Waals surface area contributed by atoms with Crippen LogP contribution in [0.2, 0.25) is 0 Å². The largest absolute Gasteiger partial charge is 0.465 e. The topological polar surface area (TPSA) is 84.0 Å². The lowest BCUT2D eigenvalue weighted by Crippen LogP contribution is -2.49. The molecule has 0 saturated carbocycles. The monoisotopic (exact) mass is 480 g/mol. The van der Waals surface area contributed by atoms with E-state index in [4.69, 9.17) is 4.74 Å². The minimum absolute atomic E-state index is 0.0289. The van der Waals surface area contributed by atoms with Gasteiger partial charge in [0.15, 0.2) is 9.84 Å². The molecule has 0 N–H and O–H groups in total. The average Bonchev–Trinajstić information content (AvgIpc) is 2.71. The maximum Gasteiger partial charge on any atom is 0.337 e. The van der Waals surface area contributed by atoms with Crippen LogP contribution in [0.25, 0.3) is 0 Å². The number of nitrogens with zero attached hydrogens (tertiary/aromatic N) is 2. The molecule has 1 aliphatic rings. The number of amides is 2. The fourth-order valence-corrected chi connectivity index (χ4v) is 4.62. The van der Waals surface area contributed by atoms with Gasteiger partial charge in [-0.1, -0.05) is 34.1 Å². The maximum absolute atomic E-state index is 13.2. The summed E-state index contributed by atoms with van der Waals surface area (Å²) in [6.45, 7) is 0.625. The number of sulfone groups is 1. The Morgan fingerprint density at radius 2 is 1.76 bits per heavy atom. The Hall–Kier alpha value is -2.39. The molecule has 0 spiro atoms. The molecule has 9 heteroatoms. The number of carbonyl (C=O) groups is 2. The lowest BCUT2D eigenvalue weighted by atomic mass is 10.1. The van der Waals surface area contributed by atoms with Crippen LogP contribution in [0.1, 0.15) is 15.9 Å². The second-order valence-corrected chi connectivity index (χ2v) is 9.90. The molecule has 2 amide bonds. The van der Waals surface area contributed by atoms with Crippen molar-refractivity contribution in [1.82, 2.24) is 4.90 Å². The highest BCUT2D eigenvalue weighted by Gasteiger charge is 2.29. The number of benzene rings is 2. The molecular weight excluding hydrogens is 460 g/mol. The van der Waals surface area contributed by atoms with Gasteiger partial charge in [-0.2, -0.15) is 0 Å². The molecule has 0 atom stereocenters. The highest BCUT2D eigenvalue weighted by atomic mass is 79.9. The fourth-order valence-electron chi connectivity index (χ4n) is 3.03. The third-order valence-corrected chi connectivity index (χ3v) is 6.78. The molecule has 2 aromatic rings. The molecule has 154 valence electrons. The first-order valence-electron chi connectivity index (χ1n) is 8.99. The Bertz CT molecular complexity index is 994. The van der Waals surface area contributed by atoms with E-state index in [2.05, 4.69) is 15.9 Å². The molecule has 1 saturated heterocycles. The van der Waals surface area contributed by atoms with Crippen molar-refractivity contribution in [2.24, 2.45) is 0 Å². The molecule has 0 radical (unpaired) electrons. The summed E-state index contributed by atoms with van der Waals surface area (Å²) in [5.74, 6) is -0.483. The molecule has 2 aromatic carbocycles. The Balaban J connectivity index is 1.85. The first-order chi connectivity index (χ1) is 13.8. The Morgan fingerprint density at radius 1 is 1.10 bits per heavy atom. The van der Waals surface area contributed by atoms with Gasteiger partial charge in [0, 0.05) is 23.2 Å². The fraction of sp³-hybridized carbons (Fsp3) is 0.300. The normalized spacial score (nSPS) is 15.6. The Kier molecular flexibility index (Phi) is 6.59. The molecule has 0 aromatic heterocycles. The van der Waals surface area contributed by atoms with Gasteiger partial charge in [0.25, 0.3) is 0 Å². The lowest BCUT2D eigenvalue weighted by molar-refractivity contribution is 0.0600. The van der Waals surface area contributed by atoms with Crippen LogP contribution in [-0.4, -0.2) is 57.0 Å². The van der Waals surface area contributed by atoms with E-state index in [-0.39, 0.29) is 37.2 Å². The molecular formula is C20H21BrN2O5S. The predicted molar refractivity (Wildman–Crippen MR) is 114 cm³/mol. The zero-order valence-corrected chi connectivity index (χ0v) is 18.3. The smallest absolute Gasteiger partial charge is 0.337 e. The molecule has 1 aliphatic heterocycles. The summed E-state index contributed by atoms with van der Waals surface area (Å²) in [6, 6.07) is 13.9. The third-order valence-electron chi connectivity index (χ3n) is 4.68. The SMILES string of the molecule is COC(=O)c1ccc(CN(C(=O)N2CCS(=O)(=O)CC2)c2cccc(Br)c2)cc1. The number of ether oxygens (including phenoxy) is 1. The number of anilines is 1. The Labute approximate surface area is 178 Å². The van der Waals surface area contributed by atoms with Gasteiger partial charge in [0.05, 0.1) is 30.7 Å². The van der Waals surface area contributed by atoms with E-state index >= 15 is 0 Å². The van der Waals surface area contributed by atoms with E-state index in [1.807, 2.05) is 24.3 Å². The van der Waals surface area contributed by atoms with E-state index in [9.17, 15) is 18.0 Å². The van der Waals surface area contributed by atoms with Gasteiger partial charge in [-0.15, -0.1) is 0 Å². The van der Waals surface area contributed by atoms with Crippen LogP contribution in [0.5, 0.6) is 0 Å². The summed E-state index contributed by atoms with van der Waals surface area (Å²) in [6.07, 6.45) is 0. The van der Waals surface area contributed by atoms with E-state index in [1.165, 1.54) is 7.11 Å². The van der Waals surface area contributed by atoms with E-state index in [0.29, 0.717) is 11.3 Å². The number of rotatable bonds is 4. The number of urea groups is 1. The molecule has 29 heavy (non-hydrogen) atoms. The van der Waals surface area contributed by atoms with Crippen LogP contribution < -0.4 is 4.90 Å². The summed E-state index contributed by atoms with van der Waals surface area (Å²) < 4.78 is 29.0. The van der Waals surface area contributed by atoms with Gasteiger partial charge < -0.3 is 9.64 Å². The summed E-state index contributed by atoms with van der Waals surface area (Å²) in [7, 11) is -1.76. The number of halogens is 1. The molecule has 1 heterocycles. The van der Waals surface area contributed by atoms with E-state index < -0.39 is 15.8 Å². The number of methoxy groups -OCH3 is 1. The lowest BCUT2D eigenvalue weighted by Gasteiger charge is -2.33. The Morgan fingerprint density at radius 3 is 2.34 bits per heavy atom. The average molecular weight is 481 g/mol. The van der Waals surface area contributed by atoms with Crippen molar-refractivity contribution in [3.05, 3.63) is 64.1 Å². The van der Waals surface area contributed by atoms with Crippen molar-refractivity contribution in [2.75, 3.05) is 36.6 Å². The van der Waals surface area contributed by atoms with Crippen LogP contribution in [0.15, 0.2) is 53.0 Å². The maximum atomic E-state index is 13.2. The van der Waals surface area contributed by atoms with Gasteiger partial charge in [0.2, 0.25) is 0 Å².